The number of rotatable bonds is 8. The Labute approximate surface area is 146 Å². The van der Waals surface area contributed by atoms with Crippen molar-refractivity contribution in [1.82, 2.24) is 10.2 Å². The number of benzene rings is 1. The van der Waals surface area contributed by atoms with Crippen molar-refractivity contribution in [3.05, 3.63) is 35.2 Å². The van der Waals surface area contributed by atoms with E-state index in [-0.39, 0.29) is 6.54 Å². The average Bonchev–Trinajstić information content (AvgIpc) is 3.23. The van der Waals surface area contributed by atoms with Crippen molar-refractivity contribution in [3.8, 4) is 0 Å². The monoisotopic (exact) mass is 344 g/mol. The highest BCUT2D eigenvalue weighted by atomic mass is 32.1. The second-order valence-electron chi connectivity index (χ2n) is 7.23. The summed E-state index contributed by atoms with van der Waals surface area (Å²) in [6.45, 7) is 2.07. The molecule has 0 atom stereocenters. The number of carboxylic acid groups (broad SMARTS) is 1. The SMILES string of the molecule is O=C(O)CN(CC1CC1)C1CC(NCc2csc3ccccc23)C1. The van der Waals surface area contributed by atoms with E-state index >= 15 is 0 Å². The predicted octanol–water partition coefficient (Wildman–Crippen LogP) is 3.32. The standard InChI is InChI=1S/C19H24N2O2S/c22-19(23)11-21(10-13-5-6-13)16-7-15(8-16)20-9-14-12-24-18-4-2-1-3-17(14)18/h1-4,12-13,15-16,20H,5-11H2,(H,22,23). The van der Waals surface area contributed by atoms with Crippen molar-refractivity contribution in [3.63, 3.8) is 0 Å². The topological polar surface area (TPSA) is 52.6 Å². The fourth-order valence-corrected chi connectivity index (χ4v) is 4.59. The number of carbonyl (C=O) groups is 1. The highest BCUT2D eigenvalue weighted by molar-refractivity contribution is 7.17. The Morgan fingerprint density at radius 2 is 2.08 bits per heavy atom. The fourth-order valence-electron chi connectivity index (χ4n) is 3.63. The van der Waals surface area contributed by atoms with Gasteiger partial charge in [-0.1, -0.05) is 18.2 Å². The van der Waals surface area contributed by atoms with Crippen LogP contribution in [0, 0.1) is 5.92 Å². The average molecular weight is 344 g/mol. The molecule has 2 aliphatic carbocycles. The van der Waals surface area contributed by atoms with Gasteiger partial charge in [0.1, 0.15) is 0 Å². The molecular weight excluding hydrogens is 320 g/mol. The highest BCUT2D eigenvalue weighted by Crippen LogP contribution is 2.34. The van der Waals surface area contributed by atoms with Gasteiger partial charge >= 0.3 is 5.97 Å². The van der Waals surface area contributed by atoms with Crippen molar-refractivity contribution in [2.24, 2.45) is 5.92 Å². The summed E-state index contributed by atoms with van der Waals surface area (Å²) in [5.41, 5.74) is 1.37. The molecule has 0 amide bonds. The molecule has 0 bridgehead atoms. The summed E-state index contributed by atoms with van der Waals surface area (Å²) in [5.74, 6) is 0.0466. The van der Waals surface area contributed by atoms with Gasteiger partial charge in [0.15, 0.2) is 0 Å². The Hall–Kier alpha value is -1.43. The van der Waals surface area contributed by atoms with Crippen molar-refractivity contribution in [1.29, 1.82) is 0 Å². The van der Waals surface area contributed by atoms with E-state index in [0.29, 0.717) is 12.1 Å². The van der Waals surface area contributed by atoms with E-state index in [2.05, 4.69) is 39.9 Å². The second-order valence-corrected chi connectivity index (χ2v) is 8.14. The number of hydrogen-bond donors (Lipinski definition) is 2. The third-order valence-electron chi connectivity index (χ3n) is 5.30. The number of nitrogens with zero attached hydrogens (tertiary/aromatic N) is 1. The third kappa shape index (κ3) is 3.63. The lowest BCUT2D eigenvalue weighted by Gasteiger charge is -2.43. The summed E-state index contributed by atoms with van der Waals surface area (Å²) in [5, 5.41) is 16.4. The number of hydrogen-bond acceptors (Lipinski definition) is 4. The zero-order valence-electron chi connectivity index (χ0n) is 13.8. The van der Waals surface area contributed by atoms with Crippen LogP contribution in [0.4, 0.5) is 0 Å². The summed E-state index contributed by atoms with van der Waals surface area (Å²) in [6, 6.07) is 9.51. The maximum atomic E-state index is 11.1. The summed E-state index contributed by atoms with van der Waals surface area (Å²) >= 11 is 1.80. The molecule has 4 rings (SSSR count). The minimum atomic E-state index is -0.697. The molecule has 2 saturated carbocycles. The fraction of sp³-hybridized carbons (Fsp3) is 0.526. The van der Waals surface area contributed by atoms with Gasteiger partial charge in [-0.25, -0.2) is 0 Å². The smallest absolute Gasteiger partial charge is 0.317 e. The number of fused-ring (bicyclic) bond motifs is 1. The molecule has 0 radical (unpaired) electrons. The van der Waals surface area contributed by atoms with Gasteiger partial charge in [0.05, 0.1) is 6.54 Å². The Balaban J connectivity index is 1.28. The predicted molar refractivity (Wildman–Crippen MR) is 97.4 cm³/mol. The molecule has 0 spiro atoms. The lowest BCUT2D eigenvalue weighted by molar-refractivity contribution is -0.139. The van der Waals surface area contributed by atoms with Crippen molar-refractivity contribution >= 4 is 27.4 Å². The maximum Gasteiger partial charge on any atom is 0.317 e. The number of nitrogens with one attached hydrogen (secondary N) is 1. The lowest BCUT2D eigenvalue weighted by atomic mass is 9.85. The molecule has 0 unspecified atom stereocenters. The van der Waals surface area contributed by atoms with Crippen LogP contribution in [0.5, 0.6) is 0 Å². The van der Waals surface area contributed by atoms with Gasteiger partial charge in [-0.15, -0.1) is 11.3 Å². The van der Waals surface area contributed by atoms with Crippen LogP contribution in [-0.2, 0) is 11.3 Å². The molecule has 128 valence electrons. The van der Waals surface area contributed by atoms with Crippen LogP contribution < -0.4 is 5.32 Å². The molecule has 1 aromatic carbocycles. The largest absolute Gasteiger partial charge is 0.480 e. The summed E-state index contributed by atoms with van der Waals surface area (Å²) in [7, 11) is 0. The van der Waals surface area contributed by atoms with Gasteiger partial charge in [-0.2, -0.15) is 0 Å². The van der Waals surface area contributed by atoms with E-state index in [4.69, 9.17) is 5.11 Å². The van der Waals surface area contributed by atoms with E-state index in [9.17, 15) is 4.79 Å². The lowest BCUT2D eigenvalue weighted by Crippen LogP contribution is -2.54. The Morgan fingerprint density at radius 1 is 1.29 bits per heavy atom. The number of aliphatic carboxylic acids is 1. The van der Waals surface area contributed by atoms with Crippen molar-refractivity contribution in [2.45, 2.75) is 44.3 Å². The molecule has 2 aromatic rings. The first-order chi connectivity index (χ1) is 11.7. The van der Waals surface area contributed by atoms with Gasteiger partial charge < -0.3 is 10.4 Å². The van der Waals surface area contributed by atoms with Crippen molar-refractivity contribution in [2.75, 3.05) is 13.1 Å². The van der Waals surface area contributed by atoms with E-state index < -0.39 is 5.97 Å². The van der Waals surface area contributed by atoms with E-state index in [0.717, 1.165) is 31.8 Å². The minimum Gasteiger partial charge on any atom is -0.480 e. The molecule has 2 fully saturated rings. The normalized spacial score (nSPS) is 23.5. The molecule has 5 heteroatoms. The number of carboxylic acids is 1. The Kier molecular flexibility index (Phi) is 4.57. The van der Waals surface area contributed by atoms with Crippen LogP contribution in [-0.4, -0.2) is 41.1 Å². The van der Waals surface area contributed by atoms with Crippen LogP contribution >= 0.6 is 11.3 Å². The molecule has 2 N–H and O–H groups in total. The van der Waals surface area contributed by atoms with Crippen LogP contribution in [0.1, 0.15) is 31.2 Å². The van der Waals surface area contributed by atoms with Crippen LogP contribution in [0.25, 0.3) is 10.1 Å². The van der Waals surface area contributed by atoms with Gasteiger partial charge in [0.25, 0.3) is 0 Å². The molecule has 2 aliphatic rings. The molecule has 1 heterocycles. The Bertz CT molecular complexity index is 719. The molecule has 4 nitrogen and oxygen atoms in total. The molecule has 0 saturated heterocycles. The van der Waals surface area contributed by atoms with E-state index in [1.54, 1.807) is 11.3 Å². The summed E-state index contributed by atoms with van der Waals surface area (Å²) in [6.07, 6.45) is 4.69. The van der Waals surface area contributed by atoms with Gasteiger partial charge in [-0.3, -0.25) is 9.69 Å². The third-order valence-corrected chi connectivity index (χ3v) is 6.31. The molecule has 1 aromatic heterocycles. The van der Waals surface area contributed by atoms with Gasteiger partial charge in [0, 0.05) is 29.9 Å². The van der Waals surface area contributed by atoms with Gasteiger partial charge in [0.2, 0.25) is 0 Å². The second kappa shape index (κ2) is 6.82. The first-order valence-corrected chi connectivity index (χ1v) is 9.71. The van der Waals surface area contributed by atoms with Crippen molar-refractivity contribution < 1.29 is 9.90 Å². The van der Waals surface area contributed by atoms with Gasteiger partial charge in [-0.05, 0) is 54.0 Å². The molecule has 24 heavy (non-hydrogen) atoms. The van der Waals surface area contributed by atoms with Crippen LogP contribution in [0.2, 0.25) is 0 Å². The number of thiophene rings is 1. The zero-order chi connectivity index (χ0) is 16.5. The Morgan fingerprint density at radius 3 is 2.83 bits per heavy atom. The summed E-state index contributed by atoms with van der Waals surface area (Å²) in [4.78, 5) is 13.3. The van der Waals surface area contributed by atoms with E-state index in [1.165, 1.54) is 28.5 Å². The zero-order valence-corrected chi connectivity index (χ0v) is 14.6. The summed E-state index contributed by atoms with van der Waals surface area (Å²) < 4.78 is 1.35. The minimum absolute atomic E-state index is 0.197. The molecule has 0 aliphatic heterocycles. The van der Waals surface area contributed by atoms with E-state index in [1.807, 2.05) is 0 Å². The first-order valence-electron chi connectivity index (χ1n) is 8.83. The molecular formula is C19H24N2O2S. The quantitative estimate of drug-likeness (QED) is 0.771. The van der Waals surface area contributed by atoms with Crippen LogP contribution in [0.15, 0.2) is 29.6 Å². The first kappa shape index (κ1) is 16.1. The highest BCUT2D eigenvalue weighted by Gasteiger charge is 2.36. The maximum absolute atomic E-state index is 11.1. The van der Waals surface area contributed by atoms with Crippen LogP contribution in [0.3, 0.4) is 0 Å².